The Morgan fingerprint density at radius 3 is 1.90 bits per heavy atom. The van der Waals surface area contributed by atoms with Crippen LogP contribution in [0.25, 0.3) is 0 Å². The molecule has 1 saturated heterocycles. The molecule has 0 atom stereocenters. The monoisotopic (exact) mass is 609 g/mol. The van der Waals surface area contributed by atoms with Gasteiger partial charge in [0.25, 0.3) is 0 Å². The van der Waals surface area contributed by atoms with Crippen molar-refractivity contribution in [3.63, 3.8) is 0 Å². The number of hydrogen-bond donors (Lipinski definition) is 2. The molecule has 0 saturated carbocycles. The van der Waals surface area contributed by atoms with E-state index in [0.29, 0.717) is 29.2 Å². The van der Waals surface area contributed by atoms with Crippen molar-refractivity contribution in [3.05, 3.63) is 105 Å². The van der Waals surface area contributed by atoms with E-state index < -0.39 is 38.7 Å². The normalized spacial score (nSPS) is 15.2. The molecule has 1 heterocycles. The van der Waals surface area contributed by atoms with E-state index in [1.807, 2.05) is 38.1 Å². The molecule has 0 aliphatic carbocycles. The molecule has 1 fully saturated rings. The van der Waals surface area contributed by atoms with Gasteiger partial charge in [0.2, 0.25) is 0 Å². The first-order valence-corrected chi connectivity index (χ1v) is 15.4. The van der Waals surface area contributed by atoms with Crippen LogP contribution in [0.5, 0.6) is 0 Å². The lowest BCUT2D eigenvalue weighted by molar-refractivity contribution is -0.00291. The second-order valence-electron chi connectivity index (χ2n) is 10.7. The van der Waals surface area contributed by atoms with Crippen LogP contribution in [0.3, 0.4) is 0 Å². The van der Waals surface area contributed by atoms with Gasteiger partial charge in [0.15, 0.2) is 9.84 Å². The third kappa shape index (κ3) is 7.94. The Balaban J connectivity index is 1.60. The first kappa shape index (κ1) is 30.2. The van der Waals surface area contributed by atoms with Crippen molar-refractivity contribution in [1.29, 1.82) is 0 Å². The van der Waals surface area contributed by atoms with Gasteiger partial charge in [-0.25, -0.2) is 22.0 Å². The van der Waals surface area contributed by atoms with E-state index in [-0.39, 0.29) is 29.9 Å². The molecule has 1 aliphatic rings. The number of rotatable bonds is 10. The minimum Gasteiger partial charge on any atom is -0.337 e. The van der Waals surface area contributed by atoms with Gasteiger partial charge in [-0.1, -0.05) is 47.5 Å². The highest BCUT2D eigenvalue weighted by Crippen LogP contribution is 2.41. The molecule has 0 unspecified atom stereocenters. The van der Waals surface area contributed by atoms with Crippen molar-refractivity contribution >= 4 is 39.1 Å². The summed E-state index contributed by atoms with van der Waals surface area (Å²) in [5.74, 6) is -2.46. The molecule has 40 heavy (non-hydrogen) atoms. The van der Waals surface area contributed by atoms with Crippen LogP contribution >= 0.6 is 23.2 Å². The van der Waals surface area contributed by atoms with Crippen molar-refractivity contribution in [2.75, 3.05) is 25.4 Å². The molecule has 214 valence electrons. The van der Waals surface area contributed by atoms with Gasteiger partial charge in [0.1, 0.15) is 11.6 Å². The number of urea groups is 1. The third-order valence-corrected chi connectivity index (χ3v) is 9.02. The minimum absolute atomic E-state index is 0.0366. The molecule has 6 nitrogen and oxygen atoms in total. The Morgan fingerprint density at radius 2 is 1.43 bits per heavy atom. The highest BCUT2D eigenvalue weighted by atomic mass is 35.5. The zero-order valence-corrected chi connectivity index (χ0v) is 24.5. The predicted octanol–water partition coefficient (Wildman–Crippen LogP) is 5.99. The van der Waals surface area contributed by atoms with Gasteiger partial charge < -0.3 is 10.6 Å². The maximum absolute atomic E-state index is 13.7. The highest BCUT2D eigenvalue weighted by molar-refractivity contribution is 7.90. The average Bonchev–Trinajstić information content (AvgIpc) is 2.82. The molecule has 11 heteroatoms. The third-order valence-electron chi connectivity index (χ3n) is 6.69. The second kappa shape index (κ2) is 12.4. The summed E-state index contributed by atoms with van der Waals surface area (Å²) in [5, 5.41) is 6.76. The van der Waals surface area contributed by atoms with Gasteiger partial charge >= 0.3 is 6.03 Å². The highest BCUT2D eigenvalue weighted by Gasteiger charge is 2.49. The first-order chi connectivity index (χ1) is 18.8. The number of halogens is 4. The number of benzene rings is 3. The Bertz CT molecular complexity index is 1380. The molecule has 4 rings (SSSR count). The maximum atomic E-state index is 13.7. The van der Waals surface area contributed by atoms with Crippen LogP contribution in [-0.2, 0) is 15.6 Å². The van der Waals surface area contributed by atoms with Gasteiger partial charge in [-0.15, -0.1) is 0 Å². The van der Waals surface area contributed by atoms with Crippen LogP contribution in [0.1, 0.15) is 36.6 Å². The minimum atomic E-state index is -3.81. The van der Waals surface area contributed by atoms with Gasteiger partial charge in [-0.3, -0.25) is 4.90 Å². The SMILES string of the molecule is CC(C)NC(=O)NCC1(CS(=O)(=O)Cc2cc(F)cc(F)c2)CN(C(c2ccc(Cl)cc2)c2ccc(Cl)cc2)C1. The topological polar surface area (TPSA) is 78.5 Å². The number of carbonyl (C=O) groups excluding carboxylic acids is 1. The van der Waals surface area contributed by atoms with Crippen LogP contribution in [0.15, 0.2) is 66.7 Å². The first-order valence-electron chi connectivity index (χ1n) is 12.8. The molecular formula is C29H31Cl2F2N3O3S. The van der Waals surface area contributed by atoms with Gasteiger partial charge in [-0.2, -0.15) is 0 Å². The molecule has 3 aromatic carbocycles. The van der Waals surface area contributed by atoms with Crippen LogP contribution in [0.4, 0.5) is 13.6 Å². The standard InChI is InChI=1S/C29H31Cl2F2N3O3S/c1-19(2)35-28(37)34-15-29(18-40(38,39)14-20-11-25(32)13-26(33)12-20)16-36(17-29)27(21-3-7-23(30)8-4-21)22-5-9-24(31)10-6-22/h3-13,19,27H,14-18H2,1-2H3,(H2,34,35,37). The summed E-state index contributed by atoms with van der Waals surface area (Å²) in [6.07, 6.45) is 0. The van der Waals surface area contributed by atoms with Crippen molar-refractivity contribution in [2.24, 2.45) is 5.41 Å². The molecule has 2 N–H and O–H groups in total. The van der Waals surface area contributed by atoms with Crippen LogP contribution in [0.2, 0.25) is 10.0 Å². The largest absolute Gasteiger partial charge is 0.337 e. The Labute approximate surface area is 243 Å². The molecule has 3 aromatic rings. The smallest absolute Gasteiger partial charge is 0.315 e. The molecule has 1 aliphatic heterocycles. The van der Waals surface area contributed by atoms with E-state index in [4.69, 9.17) is 23.2 Å². The van der Waals surface area contributed by atoms with E-state index in [9.17, 15) is 22.0 Å². The summed E-state index contributed by atoms with van der Waals surface area (Å²) in [7, 11) is -3.81. The Morgan fingerprint density at radius 1 is 0.925 bits per heavy atom. The lowest BCUT2D eigenvalue weighted by atomic mass is 9.78. The van der Waals surface area contributed by atoms with Crippen LogP contribution < -0.4 is 10.6 Å². The van der Waals surface area contributed by atoms with Gasteiger partial charge in [0, 0.05) is 47.2 Å². The summed E-state index contributed by atoms with van der Waals surface area (Å²) in [6, 6.07) is 16.9. The zero-order valence-electron chi connectivity index (χ0n) is 22.1. The number of amides is 2. The predicted molar refractivity (Wildman–Crippen MR) is 154 cm³/mol. The number of likely N-dealkylation sites (tertiary alicyclic amines) is 1. The Kier molecular flexibility index (Phi) is 9.40. The summed E-state index contributed by atoms with van der Waals surface area (Å²) in [6.45, 7) is 4.45. The summed E-state index contributed by atoms with van der Waals surface area (Å²) in [4.78, 5) is 14.5. The number of nitrogens with one attached hydrogen (secondary N) is 2. The van der Waals surface area contributed by atoms with Crippen LogP contribution in [-0.4, -0.2) is 50.8 Å². The second-order valence-corrected chi connectivity index (χ2v) is 13.6. The van der Waals surface area contributed by atoms with Crippen molar-refractivity contribution in [1.82, 2.24) is 15.5 Å². The van der Waals surface area contributed by atoms with E-state index in [1.165, 1.54) is 0 Å². The number of hydrogen-bond acceptors (Lipinski definition) is 4. The number of carbonyl (C=O) groups is 1. The number of nitrogens with zero attached hydrogens (tertiary/aromatic N) is 1. The van der Waals surface area contributed by atoms with E-state index in [1.54, 1.807) is 24.3 Å². The van der Waals surface area contributed by atoms with Gasteiger partial charge in [-0.05, 0) is 66.9 Å². The zero-order chi connectivity index (χ0) is 29.1. The fourth-order valence-corrected chi connectivity index (χ4v) is 7.45. The summed E-state index contributed by atoms with van der Waals surface area (Å²) >= 11 is 12.3. The van der Waals surface area contributed by atoms with Crippen molar-refractivity contribution in [2.45, 2.75) is 31.7 Å². The fourth-order valence-electron chi connectivity index (χ4n) is 5.20. The molecule has 0 aromatic heterocycles. The maximum Gasteiger partial charge on any atom is 0.315 e. The molecule has 2 amide bonds. The quantitative estimate of drug-likeness (QED) is 0.296. The van der Waals surface area contributed by atoms with E-state index >= 15 is 0 Å². The van der Waals surface area contributed by atoms with Crippen molar-refractivity contribution in [3.8, 4) is 0 Å². The molecule has 0 bridgehead atoms. The molecular weight excluding hydrogens is 579 g/mol. The lowest BCUT2D eigenvalue weighted by Crippen LogP contribution is -2.64. The van der Waals surface area contributed by atoms with E-state index in [2.05, 4.69) is 15.5 Å². The average molecular weight is 611 g/mol. The fraction of sp³-hybridized carbons (Fsp3) is 0.345. The lowest BCUT2D eigenvalue weighted by Gasteiger charge is -2.53. The molecule has 0 spiro atoms. The Hall–Kier alpha value is -2.72. The van der Waals surface area contributed by atoms with Gasteiger partial charge in [0.05, 0.1) is 17.5 Å². The number of sulfone groups is 1. The summed E-state index contributed by atoms with van der Waals surface area (Å²) in [5.41, 5.74) is 1.14. The summed E-state index contributed by atoms with van der Waals surface area (Å²) < 4.78 is 54.1. The van der Waals surface area contributed by atoms with Crippen molar-refractivity contribution < 1.29 is 22.0 Å². The van der Waals surface area contributed by atoms with Crippen LogP contribution in [0, 0.1) is 17.0 Å². The molecule has 0 radical (unpaired) electrons. The van der Waals surface area contributed by atoms with E-state index in [0.717, 1.165) is 23.3 Å².